The van der Waals surface area contributed by atoms with E-state index in [4.69, 9.17) is 0 Å². The van der Waals surface area contributed by atoms with Crippen molar-refractivity contribution in [2.24, 2.45) is 0 Å². The van der Waals surface area contributed by atoms with Gasteiger partial charge in [0.25, 0.3) is 0 Å². The smallest absolute Gasteiger partial charge is 0.152 e. The average Bonchev–Trinajstić information content (AvgIpc) is 2.59. The number of carbonyl (C=O) groups is 1. The Morgan fingerprint density at radius 2 is 1.79 bits per heavy atom. The first-order valence-electron chi connectivity index (χ1n) is 7.32. The van der Waals surface area contributed by atoms with Crippen LogP contribution in [0.15, 0.2) is 59.8 Å². The summed E-state index contributed by atoms with van der Waals surface area (Å²) >= 11 is 0. The monoisotopic (exact) mass is 330 g/mol. The van der Waals surface area contributed by atoms with Crippen LogP contribution < -0.4 is 5.32 Å². The lowest BCUT2D eigenvalue weighted by atomic mass is 10.1. The molecule has 24 heavy (non-hydrogen) atoms. The Kier molecular flexibility index (Phi) is 4.46. The van der Waals surface area contributed by atoms with Gasteiger partial charge in [-0.15, -0.1) is 0 Å². The van der Waals surface area contributed by atoms with Gasteiger partial charge >= 0.3 is 0 Å². The zero-order valence-corrected chi connectivity index (χ0v) is 12.5. The second kappa shape index (κ2) is 6.70. The van der Waals surface area contributed by atoms with Crippen molar-refractivity contribution in [2.45, 2.75) is 12.8 Å². The first kappa shape index (κ1) is 16.0. The molecule has 0 radical (unpaired) electrons. The first-order chi connectivity index (χ1) is 11.6. The molecule has 1 aromatic carbocycles. The second-order valence-electron chi connectivity index (χ2n) is 5.25. The molecule has 3 rings (SSSR count). The molecule has 0 atom stereocenters. The summed E-state index contributed by atoms with van der Waals surface area (Å²) in [7, 11) is 0. The molecule has 3 nitrogen and oxygen atoms in total. The van der Waals surface area contributed by atoms with Crippen LogP contribution in [0.25, 0.3) is 11.3 Å². The minimum atomic E-state index is -0.677. The Balaban J connectivity index is 1.99. The molecule has 1 aromatic heterocycles. The van der Waals surface area contributed by atoms with Gasteiger partial charge in [-0.2, -0.15) is 0 Å². The molecule has 6 heteroatoms. The van der Waals surface area contributed by atoms with Crippen molar-refractivity contribution in [3.8, 4) is 11.3 Å². The summed E-state index contributed by atoms with van der Waals surface area (Å²) in [6.07, 6.45) is 2.34. The maximum Gasteiger partial charge on any atom is 0.152 e. The van der Waals surface area contributed by atoms with Gasteiger partial charge in [0, 0.05) is 17.5 Å². The zero-order chi connectivity index (χ0) is 17.1. The number of anilines is 1. The minimum absolute atomic E-state index is 0.118. The number of aldehydes is 1. The molecule has 0 unspecified atom stereocenters. The fraction of sp³-hybridized carbons (Fsp3) is 0.111. The van der Waals surface area contributed by atoms with Crippen molar-refractivity contribution < 1.29 is 18.0 Å². The molecular weight excluding hydrogens is 317 g/mol. The van der Waals surface area contributed by atoms with E-state index in [-0.39, 0.29) is 17.9 Å². The van der Waals surface area contributed by atoms with Gasteiger partial charge in [0.05, 0.1) is 5.69 Å². The van der Waals surface area contributed by atoms with Crippen molar-refractivity contribution in [3.05, 3.63) is 71.2 Å². The molecule has 0 bridgehead atoms. The van der Waals surface area contributed by atoms with Crippen LogP contribution in [0, 0.1) is 5.82 Å². The molecule has 0 spiro atoms. The molecule has 0 saturated heterocycles. The lowest BCUT2D eigenvalue weighted by Crippen LogP contribution is -2.08. The molecule has 2 aromatic rings. The number of halogens is 3. The third kappa shape index (κ3) is 3.22. The number of rotatable bonds is 4. The fourth-order valence-electron chi connectivity index (χ4n) is 2.41. The highest BCUT2D eigenvalue weighted by Crippen LogP contribution is 2.29. The Morgan fingerprint density at radius 1 is 1.04 bits per heavy atom. The summed E-state index contributed by atoms with van der Waals surface area (Å²) in [5.74, 6) is -1.49. The maximum atomic E-state index is 13.8. The molecule has 0 aliphatic heterocycles. The van der Waals surface area contributed by atoms with Gasteiger partial charge in [0.1, 0.15) is 29.0 Å². The zero-order valence-electron chi connectivity index (χ0n) is 12.5. The summed E-state index contributed by atoms with van der Waals surface area (Å²) in [6, 6.07) is 8.41. The largest absolute Gasteiger partial charge is 0.336 e. The van der Waals surface area contributed by atoms with Crippen LogP contribution in [0.1, 0.15) is 23.2 Å². The highest BCUT2D eigenvalue weighted by atomic mass is 19.1. The van der Waals surface area contributed by atoms with Gasteiger partial charge in [-0.25, -0.2) is 18.2 Å². The lowest BCUT2D eigenvalue weighted by molar-refractivity contribution is 0.112. The number of nitrogens with one attached hydrogen (secondary N) is 1. The van der Waals surface area contributed by atoms with Crippen LogP contribution >= 0.6 is 0 Å². The Morgan fingerprint density at radius 3 is 2.46 bits per heavy atom. The topological polar surface area (TPSA) is 42.0 Å². The molecule has 1 aliphatic rings. The molecule has 1 aliphatic carbocycles. The SMILES string of the molecule is O=Cc1ccc(NC2=C(F)CCC=C2F)nc1-c1ccc(F)cc1. The van der Waals surface area contributed by atoms with Crippen LogP contribution in [0.2, 0.25) is 0 Å². The van der Waals surface area contributed by atoms with Crippen molar-refractivity contribution in [2.75, 3.05) is 5.32 Å². The van der Waals surface area contributed by atoms with Gasteiger partial charge in [0.2, 0.25) is 0 Å². The van der Waals surface area contributed by atoms with E-state index in [9.17, 15) is 18.0 Å². The number of carbonyl (C=O) groups excluding carboxylic acids is 1. The second-order valence-corrected chi connectivity index (χ2v) is 5.25. The summed E-state index contributed by atoms with van der Waals surface area (Å²) < 4.78 is 40.6. The molecule has 1 N–H and O–H groups in total. The summed E-state index contributed by atoms with van der Waals surface area (Å²) in [5, 5.41) is 2.61. The molecule has 0 fully saturated rings. The fourth-order valence-corrected chi connectivity index (χ4v) is 2.41. The van der Waals surface area contributed by atoms with E-state index >= 15 is 0 Å². The van der Waals surface area contributed by atoms with Crippen LogP contribution in [0.3, 0.4) is 0 Å². The third-order valence-corrected chi connectivity index (χ3v) is 3.62. The molecular formula is C18H13F3N2O. The number of benzene rings is 1. The van der Waals surface area contributed by atoms with Crippen molar-refractivity contribution >= 4 is 12.1 Å². The number of nitrogens with zero attached hydrogens (tertiary/aromatic N) is 1. The van der Waals surface area contributed by atoms with E-state index in [2.05, 4.69) is 10.3 Å². The Hall–Kier alpha value is -2.89. The highest BCUT2D eigenvalue weighted by molar-refractivity contribution is 5.86. The van der Waals surface area contributed by atoms with Gasteiger partial charge in [-0.05, 0) is 48.9 Å². The summed E-state index contributed by atoms with van der Waals surface area (Å²) in [4.78, 5) is 15.4. The minimum Gasteiger partial charge on any atom is -0.336 e. The standard InChI is InChI=1S/C18H13F3N2O/c19-13-7-4-11(5-8-13)17-12(10-24)6-9-16(22-17)23-18-14(20)2-1-3-15(18)21/h2,4-10H,1,3H2,(H,22,23). The first-order valence-corrected chi connectivity index (χ1v) is 7.32. The predicted molar refractivity (Wildman–Crippen MR) is 85.2 cm³/mol. The maximum absolute atomic E-state index is 13.8. The number of hydrogen-bond acceptors (Lipinski definition) is 3. The van der Waals surface area contributed by atoms with Crippen molar-refractivity contribution in [1.82, 2.24) is 4.98 Å². The van der Waals surface area contributed by atoms with E-state index in [0.29, 0.717) is 29.5 Å². The van der Waals surface area contributed by atoms with Gasteiger partial charge in [-0.1, -0.05) is 0 Å². The number of allylic oxidation sites excluding steroid dienone is 3. The Bertz CT molecular complexity index is 842. The third-order valence-electron chi connectivity index (χ3n) is 3.62. The van der Waals surface area contributed by atoms with Gasteiger partial charge in [-0.3, -0.25) is 4.79 Å². The van der Waals surface area contributed by atoms with E-state index in [1.54, 1.807) is 0 Å². The number of hydrogen-bond donors (Lipinski definition) is 1. The summed E-state index contributed by atoms with van der Waals surface area (Å²) in [6.45, 7) is 0. The van der Waals surface area contributed by atoms with Gasteiger partial charge in [0.15, 0.2) is 6.29 Å². The van der Waals surface area contributed by atoms with Crippen molar-refractivity contribution in [1.29, 1.82) is 0 Å². The van der Waals surface area contributed by atoms with Crippen molar-refractivity contribution in [3.63, 3.8) is 0 Å². The van der Waals surface area contributed by atoms with E-state index in [1.807, 2.05) is 0 Å². The van der Waals surface area contributed by atoms with Gasteiger partial charge < -0.3 is 5.32 Å². The lowest BCUT2D eigenvalue weighted by Gasteiger charge is -2.15. The van der Waals surface area contributed by atoms with Crippen LogP contribution in [-0.2, 0) is 0 Å². The van der Waals surface area contributed by atoms with E-state index in [0.717, 1.165) is 0 Å². The quantitative estimate of drug-likeness (QED) is 0.807. The van der Waals surface area contributed by atoms with E-state index < -0.39 is 17.5 Å². The predicted octanol–water partition coefficient (Wildman–Crippen LogP) is 4.94. The van der Waals surface area contributed by atoms with Crippen LogP contribution in [0.5, 0.6) is 0 Å². The number of aromatic nitrogens is 1. The molecule has 1 heterocycles. The Labute approximate surface area is 136 Å². The molecule has 0 amide bonds. The normalized spacial score (nSPS) is 14.4. The molecule has 122 valence electrons. The summed E-state index contributed by atoms with van der Waals surface area (Å²) in [5.41, 5.74) is 0.867. The van der Waals surface area contributed by atoms with Crippen LogP contribution in [-0.4, -0.2) is 11.3 Å². The average molecular weight is 330 g/mol. The van der Waals surface area contributed by atoms with Crippen LogP contribution in [0.4, 0.5) is 19.0 Å². The number of pyridine rings is 1. The molecule has 0 saturated carbocycles. The van der Waals surface area contributed by atoms with E-state index in [1.165, 1.54) is 42.5 Å². The highest BCUT2D eigenvalue weighted by Gasteiger charge is 2.17.